The molecular formula is C13H18N4O. The zero-order valence-electron chi connectivity index (χ0n) is 10.8. The van der Waals surface area contributed by atoms with Gasteiger partial charge in [0.15, 0.2) is 5.82 Å². The molecule has 0 unspecified atom stereocenters. The van der Waals surface area contributed by atoms with Crippen molar-refractivity contribution >= 4 is 5.82 Å². The summed E-state index contributed by atoms with van der Waals surface area (Å²) in [6.07, 6.45) is 1.75. The Bertz CT molecular complexity index is 504. The number of ether oxygens (including phenoxy) is 1. The molecule has 5 heteroatoms. The third-order valence-electron chi connectivity index (χ3n) is 2.97. The lowest BCUT2D eigenvalue weighted by Gasteiger charge is -2.06. The second-order valence-electron chi connectivity index (χ2n) is 4.10. The Morgan fingerprint density at radius 3 is 2.61 bits per heavy atom. The molecule has 0 aliphatic heterocycles. The summed E-state index contributed by atoms with van der Waals surface area (Å²) in [4.78, 5) is 0. The van der Waals surface area contributed by atoms with E-state index in [1.54, 1.807) is 7.11 Å². The molecule has 96 valence electrons. The van der Waals surface area contributed by atoms with Gasteiger partial charge in [0.2, 0.25) is 0 Å². The quantitative estimate of drug-likeness (QED) is 0.871. The predicted molar refractivity (Wildman–Crippen MR) is 70.5 cm³/mol. The van der Waals surface area contributed by atoms with E-state index in [9.17, 15) is 0 Å². The maximum atomic E-state index is 5.75. The zero-order valence-corrected chi connectivity index (χ0v) is 10.8. The Hall–Kier alpha value is -2.04. The molecule has 0 saturated carbocycles. The highest BCUT2D eigenvalue weighted by Gasteiger charge is 2.07. The van der Waals surface area contributed by atoms with Crippen LogP contribution in [0.2, 0.25) is 0 Å². The van der Waals surface area contributed by atoms with Crippen LogP contribution < -0.4 is 10.5 Å². The van der Waals surface area contributed by atoms with E-state index in [1.807, 2.05) is 16.8 Å². The summed E-state index contributed by atoms with van der Waals surface area (Å²) in [5.41, 5.74) is 7.99. The molecular weight excluding hydrogens is 228 g/mol. The van der Waals surface area contributed by atoms with Gasteiger partial charge in [-0.15, -0.1) is 5.10 Å². The van der Waals surface area contributed by atoms with Crippen molar-refractivity contribution in [3.63, 3.8) is 0 Å². The van der Waals surface area contributed by atoms with Gasteiger partial charge in [0.1, 0.15) is 5.75 Å². The van der Waals surface area contributed by atoms with Crippen molar-refractivity contribution in [3.05, 3.63) is 35.5 Å². The summed E-state index contributed by atoms with van der Waals surface area (Å²) >= 11 is 0. The maximum Gasteiger partial charge on any atom is 0.169 e. The average Bonchev–Trinajstić information content (AvgIpc) is 2.77. The molecule has 0 amide bonds. The number of aromatic nitrogens is 3. The summed E-state index contributed by atoms with van der Waals surface area (Å²) in [6, 6.07) is 8.05. The van der Waals surface area contributed by atoms with E-state index >= 15 is 0 Å². The van der Waals surface area contributed by atoms with Gasteiger partial charge in [0.05, 0.1) is 12.8 Å². The SMILES string of the molecule is CCc1c(N)nnn1CCc1ccc(OC)cc1. The predicted octanol–water partition coefficient (Wildman–Crippen LogP) is 1.67. The number of aryl methyl sites for hydroxylation is 2. The smallest absolute Gasteiger partial charge is 0.169 e. The van der Waals surface area contributed by atoms with Crippen molar-refractivity contribution in [2.45, 2.75) is 26.3 Å². The molecule has 0 atom stereocenters. The van der Waals surface area contributed by atoms with E-state index in [4.69, 9.17) is 10.5 Å². The highest BCUT2D eigenvalue weighted by Crippen LogP contribution is 2.13. The Labute approximate surface area is 107 Å². The normalized spacial score (nSPS) is 10.6. The van der Waals surface area contributed by atoms with Gasteiger partial charge in [0.25, 0.3) is 0 Å². The number of hydrogen-bond acceptors (Lipinski definition) is 4. The Kier molecular flexibility index (Phi) is 3.82. The standard InChI is InChI=1S/C13H18N4O/c1-3-12-13(14)15-16-17(12)9-8-10-4-6-11(18-2)7-5-10/h4-7H,3,8-9,14H2,1-2H3. The van der Waals surface area contributed by atoms with Gasteiger partial charge < -0.3 is 10.5 Å². The van der Waals surface area contributed by atoms with E-state index in [2.05, 4.69) is 29.4 Å². The van der Waals surface area contributed by atoms with Crippen molar-refractivity contribution < 1.29 is 4.74 Å². The molecule has 0 saturated heterocycles. The lowest BCUT2D eigenvalue weighted by Crippen LogP contribution is -2.07. The van der Waals surface area contributed by atoms with Crippen LogP contribution >= 0.6 is 0 Å². The molecule has 1 aromatic carbocycles. The molecule has 0 bridgehead atoms. The van der Waals surface area contributed by atoms with E-state index in [1.165, 1.54) is 5.56 Å². The number of anilines is 1. The monoisotopic (exact) mass is 246 g/mol. The molecule has 0 spiro atoms. The minimum atomic E-state index is 0.534. The fraction of sp³-hybridized carbons (Fsp3) is 0.385. The van der Waals surface area contributed by atoms with E-state index in [-0.39, 0.29) is 0 Å². The minimum absolute atomic E-state index is 0.534. The van der Waals surface area contributed by atoms with Crippen molar-refractivity contribution in [3.8, 4) is 5.75 Å². The second-order valence-corrected chi connectivity index (χ2v) is 4.10. The molecule has 0 aliphatic carbocycles. The summed E-state index contributed by atoms with van der Waals surface area (Å²) < 4.78 is 7.00. The molecule has 0 aliphatic rings. The van der Waals surface area contributed by atoms with E-state index < -0.39 is 0 Å². The number of nitrogens with two attached hydrogens (primary N) is 1. The molecule has 5 nitrogen and oxygen atoms in total. The first-order chi connectivity index (χ1) is 8.74. The lowest BCUT2D eigenvalue weighted by molar-refractivity contribution is 0.414. The Balaban J connectivity index is 2.02. The molecule has 2 aromatic rings. The Morgan fingerprint density at radius 1 is 1.28 bits per heavy atom. The van der Waals surface area contributed by atoms with E-state index in [0.29, 0.717) is 5.82 Å². The van der Waals surface area contributed by atoms with Crippen molar-refractivity contribution in [2.24, 2.45) is 0 Å². The summed E-state index contributed by atoms with van der Waals surface area (Å²) in [5.74, 6) is 1.41. The van der Waals surface area contributed by atoms with Gasteiger partial charge >= 0.3 is 0 Å². The lowest BCUT2D eigenvalue weighted by atomic mass is 10.1. The average molecular weight is 246 g/mol. The third-order valence-corrected chi connectivity index (χ3v) is 2.97. The van der Waals surface area contributed by atoms with Crippen molar-refractivity contribution in [1.82, 2.24) is 15.0 Å². The van der Waals surface area contributed by atoms with Gasteiger partial charge in [0, 0.05) is 6.54 Å². The number of nitrogens with zero attached hydrogens (tertiary/aromatic N) is 3. The van der Waals surface area contributed by atoms with Gasteiger partial charge in [-0.25, -0.2) is 4.68 Å². The number of methoxy groups -OCH3 is 1. The molecule has 2 rings (SSSR count). The first-order valence-corrected chi connectivity index (χ1v) is 6.05. The largest absolute Gasteiger partial charge is 0.497 e. The molecule has 1 heterocycles. The minimum Gasteiger partial charge on any atom is -0.497 e. The van der Waals surface area contributed by atoms with Crippen LogP contribution in [0.25, 0.3) is 0 Å². The van der Waals surface area contributed by atoms with Crippen LogP contribution in [0.3, 0.4) is 0 Å². The number of nitrogen functional groups attached to an aromatic ring is 1. The fourth-order valence-corrected chi connectivity index (χ4v) is 1.92. The summed E-state index contributed by atoms with van der Waals surface area (Å²) in [7, 11) is 1.67. The van der Waals surface area contributed by atoms with Gasteiger partial charge in [-0.05, 0) is 30.5 Å². The number of rotatable bonds is 5. The third kappa shape index (κ3) is 2.61. The van der Waals surface area contributed by atoms with Crippen LogP contribution in [-0.4, -0.2) is 22.1 Å². The van der Waals surface area contributed by atoms with Crippen LogP contribution in [-0.2, 0) is 19.4 Å². The van der Waals surface area contributed by atoms with Crippen molar-refractivity contribution in [2.75, 3.05) is 12.8 Å². The molecule has 0 fully saturated rings. The van der Waals surface area contributed by atoms with Crippen molar-refractivity contribution in [1.29, 1.82) is 0 Å². The van der Waals surface area contributed by atoms with Crippen LogP contribution in [0, 0.1) is 0 Å². The van der Waals surface area contributed by atoms with Gasteiger partial charge in [-0.2, -0.15) is 0 Å². The summed E-state index contributed by atoms with van der Waals surface area (Å²) in [5, 5.41) is 7.95. The fourth-order valence-electron chi connectivity index (χ4n) is 1.92. The van der Waals surface area contributed by atoms with Gasteiger partial charge in [-0.3, -0.25) is 0 Å². The van der Waals surface area contributed by atoms with Crippen LogP contribution in [0.4, 0.5) is 5.82 Å². The second kappa shape index (κ2) is 5.53. The van der Waals surface area contributed by atoms with Gasteiger partial charge in [-0.1, -0.05) is 24.3 Å². The maximum absolute atomic E-state index is 5.75. The Morgan fingerprint density at radius 2 is 2.00 bits per heavy atom. The van der Waals surface area contributed by atoms with E-state index in [0.717, 1.165) is 30.8 Å². The number of hydrogen-bond donors (Lipinski definition) is 1. The number of benzene rings is 1. The van der Waals surface area contributed by atoms with Crippen LogP contribution in [0.15, 0.2) is 24.3 Å². The first kappa shape index (κ1) is 12.4. The topological polar surface area (TPSA) is 66.0 Å². The molecule has 2 N–H and O–H groups in total. The zero-order chi connectivity index (χ0) is 13.0. The molecule has 0 radical (unpaired) electrons. The summed E-state index contributed by atoms with van der Waals surface area (Å²) in [6.45, 7) is 2.85. The van der Waals surface area contributed by atoms with Crippen LogP contribution in [0.1, 0.15) is 18.2 Å². The molecule has 1 aromatic heterocycles. The highest BCUT2D eigenvalue weighted by atomic mass is 16.5. The molecule has 18 heavy (non-hydrogen) atoms. The first-order valence-electron chi connectivity index (χ1n) is 6.05. The van der Waals surface area contributed by atoms with Crippen LogP contribution in [0.5, 0.6) is 5.75 Å². The highest BCUT2D eigenvalue weighted by molar-refractivity contribution is 5.33.